The Balaban J connectivity index is 1.87. The molecule has 1 aromatic heterocycles. The number of hydrogen-bond acceptors (Lipinski definition) is 4. The van der Waals surface area contributed by atoms with E-state index in [1.165, 1.54) is 12.0 Å². The molecule has 0 bridgehead atoms. The van der Waals surface area contributed by atoms with Crippen molar-refractivity contribution >= 4 is 11.1 Å². The van der Waals surface area contributed by atoms with Gasteiger partial charge in [-0.3, -0.25) is 0 Å². The van der Waals surface area contributed by atoms with Crippen LogP contribution in [0.5, 0.6) is 0 Å². The maximum absolute atomic E-state index is 5.31. The van der Waals surface area contributed by atoms with E-state index < -0.39 is 0 Å². The molecule has 0 aliphatic carbocycles. The van der Waals surface area contributed by atoms with Crippen molar-refractivity contribution in [2.75, 3.05) is 20.1 Å². The Hall–Kier alpha value is -1.39. The molecule has 1 aromatic carbocycles. The van der Waals surface area contributed by atoms with E-state index in [4.69, 9.17) is 4.42 Å². The van der Waals surface area contributed by atoms with E-state index in [9.17, 15) is 0 Å². The lowest BCUT2D eigenvalue weighted by atomic mass is 9.96. The number of nitrogens with zero attached hydrogens (tertiary/aromatic N) is 1. The van der Waals surface area contributed by atoms with Gasteiger partial charge in [-0.15, -0.1) is 0 Å². The summed E-state index contributed by atoms with van der Waals surface area (Å²) in [6.45, 7) is 7.47. The molecule has 1 atom stereocenters. The van der Waals surface area contributed by atoms with Crippen LogP contribution in [0.3, 0.4) is 0 Å². The van der Waals surface area contributed by atoms with Crippen molar-refractivity contribution in [1.29, 1.82) is 0 Å². The first-order valence-corrected chi connectivity index (χ1v) is 6.88. The van der Waals surface area contributed by atoms with Crippen molar-refractivity contribution in [2.24, 2.45) is 11.8 Å². The fraction of sp³-hybridized carbons (Fsp3) is 0.533. The SMILES string of the molecule is CNCC(CNCc1ccc2ncoc2c1)C(C)C. The van der Waals surface area contributed by atoms with Crippen molar-refractivity contribution in [3.8, 4) is 0 Å². The van der Waals surface area contributed by atoms with Gasteiger partial charge in [0.1, 0.15) is 5.52 Å². The van der Waals surface area contributed by atoms with Crippen LogP contribution in [0.2, 0.25) is 0 Å². The molecule has 2 N–H and O–H groups in total. The maximum Gasteiger partial charge on any atom is 0.181 e. The number of aromatic nitrogens is 1. The second-order valence-corrected chi connectivity index (χ2v) is 5.35. The van der Waals surface area contributed by atoms with E-state index >= 15 is 0 Å². The summed E-state index contributed by atoms with van der Waals surface area (Å²) in [6, 6.07) is 6.15. The molecule has 0 aliphatic heterocycles. The van der Waals surface area contributed by atoms with Crippen LogP contribution in [0.1, 0.15) is 19.4 Å². The van der Waals surface area contributed by atoms with Gasteiger partial charge in [0.15, 0.2) is 12.0 Å². The lowest BCUT2D eigenvalue weighted by Crippen LogP contribution is -2.32. The lowest BCUT2D eigenvalue weighted by Gasteiger charge is -2.21. The van der Waals surface area contributed by atoms with E-state index in [0.717, 1.165) is 30.7 Å². The van der Waals surface area contributed by atoms with E-state index in [0.29, 0.717) is 11.8 Å². The minimum absolute atomic E-state index is 0.652. The zero-order valence-electron chi connectivity index (χ0n) is 11.9. The van der Waals surface area contributed by atoms with E-state index in [1.54, 1.807) is 0 Å². The Morgan fingerprint density at radius 2 is 2.11 bits per heavy atom. The summed E-state index contributed by atoms with van der Waals surface area (Å²) in [4.78, 5) is 4.12. The van der Waals surface area contributed by atoms with Gasteiger partial charge < -0.3 is 15.1 Å². The van der Waals surface area contributed by atoms with Crippen LogP contribution < -0.4 is 10.6 Å². The Kier molecular flexibility index (Phi) is 4.93. The number of hydrogen-bond donors (Lipinski definition) is 2. The molecule has 1 unspecified atom stereocenters. The molecule has 0 spiro atoms. The van der Waals surface area contributed by atoms with Gasteiger partial charge in [-0.1, -0.05) is 19.9 Å². The summed E-state index contributed by atoms with van der Waals surface area (Å²) in [5, 5.41) is 6.78. The van der Waals surface area contributed by atoms with Crippen LogP contribution in [0.25, 0.3) is 11.1 Å². The summed E-state index contributed by atoms with van der Waals surface area (Å²) in [6.07, 6.45) is 1.49. The Morgan fingerprint density at radius 1 is 1.26 bits per heavy atom. The summed E-state index contributed by atoms with van der Waals surface area (Å²) < 4.78 is 5.31. The summed E-state index contributed by atoms with van der Waals surface area (Å²) >= 11 is 0. The minimum atomic E-state index is 0.652. The molecule has 4 nitrogen and oxygen atoms in total. The molecule has 0 fully saturated rings. The van der Waals surface area contributed by atoms with Crippen molar-refractivity contribution < 1.29 is 4.42 Å². The van der Waals surface area contributed by atoms with Crippen LogP contribution in [0, 0.1) is 11.8 Å². The molecule has 2 aromatic rings. The van der Waals surface area contributed by atoms with Gasteiger partial charge in [-0.05, 0) is 49.7 Å². The summed E-state index contributed by atoms with van der Waals surface area (Å²) in [5.41, 5.74) is 3.00. The topological polar surface area (TPSA) is 50.1 Å². The highest BCUT2D eigenvalue weighted by molar-refractivity contribution is 5.72. The first kappa shape index (κ1) is 14.0. The van der Waals surface area contributed by atoms with Crippen molar-refractivity contribution in [2.45, 2.75) is 20.4 Å². The van der Waals surface area contributed by atoms with E-state index in [2.05, 4.69) is 41.6 Å². The van der Waals surface area contributed by atoms with Crippen LogP contribution in [-0.2, 0) is 6.54 Å². The van der Waals surface area contributed by atoms with E-state index in [-0.39, 0.29) is 0 Å². The molecule has 19 heavy (non-hydrogen) atoms. The van der Waals surface area contributed by atoms with Gasteiger partial charge in [-0.25, -0.2) is 4.98 Å². The molecule has 0 amide bonds. The zero-order chi connectivity index (χ0) is 13.7. The van der Waals surface area contributed by atoms with Crippen LogP contribution in [-0.4, -0.2) is 25.1 Å². The number of nitrogens with one attached hydrogen (secondary N) is 2. The number of oxazole rings is 1. The van der Waals surface area contributed by atoms with Crippen molar-refractivity contribution in [1.82, 2.24) is 15.6 Å². The molecule has 4 heteroatoms. The predicted octanol–water partition coefficient (Wildman–Crippen LogP) is 2.41. The molecule has 0 aliphatic rings. The average Bonchev–Trinajstić information content (AvgIpc) is 2.85. The third-order valence-electron chi connectivity index (χ3n) is 3.54. The van der Waals surface area contributed by atoms with Crippen molar-refractivity contribution in [3.63, 3.8) is 0 Å². The first-order chi connectivity index (χ1) is 9.20. The van der Waals surface area contributed by atoms with Gasteiger partial charge >= 0.3 is 0 Å². The smallest absolute Gasteiger partial charge is 0.181 e. The molecular formula is C15H23N3O. The third-order valence-corrected chi connectivity index (χ3v) is 3.54. The normalized spacial score (nSPS) is 13.3. The largest absolute Gasteiger partial charge is 0.443 e. The highest BCUT2D eigenvalue weighted by Gasteiger charge is 2.11. The molecule has 1 heterocycles. The third kappa shape index (κ3) is 3.78. The predicted molar refractivity (Wildman–Crippen MR) is 78.0 cm³/mol. The lowest BCUT2D eigenvalue weighted by molar-refractivity contribution is 0.352. The quantitative estimate of drug-likeness (QED) is 0.803. The zero-order valence-corrected chi connectivity index (χ0v) is 11.9. The molecular weight excluding hydrogens is 238 g/mol. The molecule has 104 valence electrons. The Morgan fingerprint density at radius 3 is 2.84 bits per heavy atom. The standard InChI is InChI=1S/C15H23N3O/c1-11(2)13(8-16-3)9-17-7-12-4-5-14-15(6-12)19-10-18-14/h4-6,10-11,13,16-17H,7-9H2,1-3H3. The molecule has 0 saturated carbocycles. The average molecular weight is 261 g/mol. The summed E-state index contributed by atoms with van der Waals surface area (Å²) in [7, 11) is 2.01. The van der Waals surface area contributed by atoms with Gasteiger partial charge in [0, 0.05) is 6.54 Å². The van der Waals surface area contributed by atoms with Crippen molar-refractivity contribution in [3.05, 3.63) is 30.2 Å². The van der Waals surface area contributed by atoms with Gasteiger partial charge in [0.05, 0.1) is 0 Å². The fourth-order valence-corrected chi connectivity index (χ4v) is 2.22. The van der Waals surface area contributed by atoms with Crippen LogP contribution >= 0.6 is 0 Å². The second kappa shape index (κ2) is 6.68. The number of fused-ring (bicyclic) bond motifs is 1. The highest BCUT2D eigenvalue weighted by atomic mass is 16.3. The monoisotopic (exact) mass is 261 g/mol. The fourth-order valence-electron chi connectivity index (χ4n) is 2.22. The van der Waals surface area contributed by atoms with Gasteiger partial charge in [0.25, 0.3) is 0 Å². The Bertz CT molecular complexity index is 507. The number of rotatable bonds is 7. The summed E-state index contributed by atoms with van der Waals surface area (Å²) in [5.74, 6) is 1.33. The molecule has 0 radical (unpaired) electrons. The van der Waals surface area contributed by atoms with Gasteiger partial charge in [-0.2, -0.15) is 0 Å². The number of benzene rings is 1. The highest BCUT2D eigenvalue weighted by Crippen LogP contribution is 2.14. The van der Waals surface area contributed by atoms with Gasteiger partial charge in [0.2, 0.25) is 0 Å². The second-order valence-electron chi connectivity index (χ2n) is 5.35. The van der Waals surface area contributed by atoms with Crippen LogP contribution in [0.4, 0.5) is 0 Å². The minimum Gasteiger partial charge on any atom is -0.443 e. The maximum atomic E-state index is 5.31. The van der Waals surface area contributed by atoms with Crippen LogP contribution in [0.15, 0.2) is 29.0 Å². The van der Waals surface area contributed by atoms with E-state index in [1.807, 2.05) is 13.1 Å². The first-order valence-electron chi connectivity index (χ1n) is 6.88. The molecule has 2 rings (SSSR count). The molecule has 0 saturated heterocycles. The Labute approximate surface area is 114 Å².